The second kappa shape index (κ2) is 10.6. The number of ether oxygens (including phenoxy) is 1. The number of hydrogen-bond donors (Lipinski definition) is 3. The molecule has 0 unspecified atom stereocenters. The highest BCUT2D eigenvalue weighted by atomic mass is 16.6. The molecular formula is C23H34N2O5. The monoisotopic (exact) mass is 418 g/mol. The van der Waals surface area contributed by atoms with Crippen LogP contribution in [0.3, 0.4) is 0 Å². The van der Waals surface area contributed by atoms with Crippen LogP contribution in [0.2, 0.25) is 0 Å². The molecule has 1 aromatic carbocycles. The number of nitrogens with one attached hydrogen (secondary N) is 1. The summed E-state index contributed by atoms with van der Waals surface area (Å²) < 4.78 is 5.21. The number of esters is 1. The minimum absolute atomic E-state index is 0.00585. The van der Waals surface area contributed by atoms with Crippen molar-refractivity contribution >= 4 is 17.8 Å². The maximum absolute atomic E-state index is 12.4. The molecule has 1 saturated carbocycles. The van der Waals surface area contributed by atoms with E-state index in [0.717, 1.165) is 18.4 Å². The van der Waals surface area contributed by atoms with Gasteiger partial charge in [0.15, 0.2) is 0 Å². The van der Waals surface area contributed by atoms with Crippen LogP contribution in [0.25, 0.3) is 0 Å². The first-order valence-corrected chi connectivity index (χ1v) is 10.6. The summed E-state index contributed by atoms with van der Waals surface area (Å²) in [4.78, 5) is 36.0. The van der Waals surface area contributed by atoms with Crippen LogP contribution >= 0.6 is 0 Å². The van der Waals surface area contributed by atoms with Crippen molar-refractivity contribution in [2.75, 3.05) is 0 Å². The zero-order chi connectivity index (χ0) is 22.3. The standard InChI is InChI=1S/C23H34N2O5/c1-23(2,3)30-20(26)13-12-18(24)21(27)25-19(22(28)29)14-16-10-6-7-11-17(16)15-8-4-5-9-15/h6-7,10-11,15,18-19H,4-5,8-9,12-14,24H2,1-3H3,(H,25,27)(H,28,29)/t18-,19-/m0/s1. The van der Waals surface area contributed by atoms with Crippen molar-refractivity contribution in [1.29, 1.82) is 0 Å². The average Bonchev–Trinajstić information content (AvgIpc) is 3.19. The first kappa shape index (κ1) is 23.9. The van der Waals surface area contributed by atoms with E-state index in [9.17, 15) is 19.5 Å². The van der Waals surface area contributed by atoms with E-state index < -0.39 is 35.5 Å². The van der Waals surface area contributed by atoms with Crippen LogP contribution in [0.5, 0.6) is 0 Å². The van der Waals surface area contributed by atoms with E-state index in [1.165, 1.54) is 18.4 Å². The lowest BCUT2D eigenvalue weighted by Gasteiger charge is -2.22. The lowest BCUT2D eigenvalue weighted by Crippen LogP contribution is -2.49. The van der Waals surface area contributed by atoms with E-state index in [-0.39, 0.29) is 19.3 Å². The summed E-state index contributed by atoms with van der Waals surface area (Å²) in [5, 5.41) is 12.2. The van der Waals surface area contributed by atoms with Crippen LogP contribution in [-0.2, 0) is 25.5 Å². The number of carboxylic acids is 1. The molecule has 1 aliphatic carbocycles. The first-order valence-electron chi connectivity index (χ1n) is 10.6. The summed E-state index contributed by atoms with van der Waals surface area (Å²) >= 11 is 0. The number of hydrogen-bond acceptors (Lipinski definition) is 5. The van der Waals surface area contributed by atoms with Crippen molar-refractivity contribution in [3.8, 4) is 0 Å². The van der Waals surface area contributed by atoms with Gasteiger partial charge in [0.25, 0.3) is 0 Å². The predicted octanol–water partition coefficient (Wildman–Crippen LogP) is 2.91. The number of carboxylic acid groups (broad SMARTS) is 1. The van der Waals surface area contributed by atoms with Gasteiger partial charge in [-0.25, -0.2) is 4.79 Å². The Bertz CT molecular complexity index is 750. The molecule has 7 heteroatoms. The number of aliphatic carboxylic acids is 1. The van der Waals surface area contributed by atoms with Crippen LogP contribution in [0, 0.1) is 0 Å². The fourth-order valence-corrected chi connectivity index (χ4v) is 3.85. The number of nitrogens with two attached hydrogens (primary N) is 1. The molecule has 4 N–H and O–H groups in total. The summed E-state index contributed by atoms with van der Waals surface area (Å²) in [6.45, 7) is 5.29. The molecule has 0 aliphatic heterocycles. The molecule has 1 aromatic rings. The molecule has 0 saturated heterocycles. The fourth-order valence-electron chi connectivity index (χ4n) is 3.85. The van der Waals surface area contributed by atoms with Crippen LogP contribution in [0.15, 0.2) is 24.3 Å². The first-order chi connectivity index (χ1) is 14.1. The summed E-state index contributed by atoms with van der Waals surface area (Å²) in [5.74, 6) is -1.68. The van der Waals surface area contributed by atoms with Crippen molar-refractivity contribution in [3.63, 3.8) is 0 Å². The van der Waals surface area contributed by atoms with Crippen molar-refractivity contribution in [3.05, 3.63) is 35.4 Å². The highest BCUT2D eigenvalue weighted by molar-refractivity contribution is 5.87. The van der Waals surface area contributed by atoms with Gasteiger partial charge >= 0.3 is 11.9 Å². The number of carbonyl (C=O) groups is 3. The molecule has 7 nitrogen and oxygen atoms in total. The maximum atomic E-state index is 12.4. The van der Waals surface area contributed by atoms with Crippen molar-refractivity contribution in [1.82, 2.24) is 5.32 Å². The molecule has 1 amide bonds. The van der Waals surface area contributed by atoms with Crippen molar-refractivity contribution in [2.45, 2.75) is 89.3 Å². The van der Waals surface area contributed by atoms with Crippen molar-refractivity contribution < 1.29 is 24.2 Å². The van der Waals surface area contributed by atoms with Crippen molar-refractivity contribution in [2.24, 2.45) is 5.73 Å². The molecule has 0 radical (unpaired) electrons. The molecule has 0 spiro atoms. The Hall–Kier alpha value is -2.41. The molecule has 0 bridgehead atoms. The zero-order valence-electron chi connectivity index (χ0n) is 18.1. The van der Waals surface area contributed by atoms with Gasteiger partial charge in [0.2, 0.25) is 5.91 Å². The molecule has 166 valence electrons. The number of benzene rings is 1. The third-order valence-electron chi connectivity index (χ3n) is 5.30. The minimum atomic E-state index is -1.11. The van der Waals surface area contributed by atoms with Gasteiger partial charge < -0.3 is 20.9 Å². The Balaban J connectivity index is 1.96. The number of carbonyl (C=O) groups excluding carboxylic acids is 2. The zero-order valence-corrected chi connectivity index (χ0v) is 18.1. The van der Waals surface area contributed by atoms with Gasteiger partial charge in [0, 0.05) is 12.8 Å². The van der Waals surface area contributed by atoms with Crippen LogP contribution in [0.1, 0.15) is 76.3 Å². The maximum Gasteiger partial charge on any atom is 0.326 e. The summed E-state index contributed by atoms with van der Waals surface area (Å²) in [6.07, 6.45) is 4.87. The van der Waals surface area contributed by atoms with Crippen LogP contribution in [-0.4, -0.2) is 40.6 Å². The van der Waals surface area contributed by atoms with Gasteiger partial charge in [-0.05, 0) is 57.1 Å². The van der Waals surface area contributed by atoms with E-state index in [2.05, 4.69) is 11.4 Å². The Labute approximate surface area is 178 Å². The van der Waals surface area contributed by atoms with Gasteiger partial charge in [-0.1, -0.05) is 37.1 Å². The number of rotatable bonds is 9. The van der Waals surface area contributed by atoms with Crippen LogP contribution in [0.4, 0.5) is 0 Å². The smallest absolute Gasteiger partial charge is 0.326 e. The lowest BCUT2D eigenvalue weighted by atomic mass is 9.90. The second-order valence-corrected chi connectivity index (χ2v) is 9.02. The molecule has 2 rings (SSSR count). The predicted molar refractivity (Wildman–Crippen MR) is 114 cm³/mol. The molecule has 0 heterocycles. The summed E-state index contributed by atoms with van der Waals surface area (Å²) in [6, 6.07) is 5.78. The third-order valence-corrected chi connectivity index (χ3v) is 5.30. The fraction of sp³-hybridized carbons (Fsp3) is 0.609. The van der Waals surface area contributed by atoms with Gasteiger partial charge in [0.05, 0.1) is 6.04 Å². The van der Waals surface area contributed by atoms with Crippen LogP contribution < -0.4 is 11.1 Å². The largest absolute Gasteiger partial charge is 0.480 e. The third kappa shape index (κ3) is 7.44. The second-order valence-electron chi connectivity index (χ2n) is 9.02. The molecule has 1 aliphatic rings. The van der Waals surface area contributed by atoms with Gasteiger partial charge in [0.1, 0.15) is 11.6 Å². The highest BCUT2D eigenvalue weighted by Gasteiger charge is 2.27. The van der Waals surface area contributed by atoms with Gasteiger partial charge in [-0.3, -0.25) is 9.59 Å². The van der Waals surface area contributed by atoms with E-state index in [1.807, 2.05) is 18.2 Å². The minimum Gasteiger partial charge on any atom is -0.480 e. The topological polar surface area (TPSA) is 119 Å². The molecule has 30 heavy (non-hydrogen) atoms. The normalized spacial score (nSPS) is 16.7. The van der Waals surface area contributed by atoms with E-state index in [1.54, 1.807) is 20.8 Å². The van der Waals surface area contributed by atoms with E-state index in [0.29, 0.717) is 5.92 Å². The quantitative estimate of drug-likeness (QED) is 0.531. The summed E-state index contributed by atoms with van der Waals surface area (Å²) in [7, 11) is 0. The van der Waals surface area contributed by atoms with E-state index in [4.69, 9.17) is 10.5 Å². The molecule has 1 fully saturated rings. The summed E-state index contributed by atoms with van der Waals surface area (Å²) in [5.41, 5.74) is 7.40. The Morgan fingerprint density at radius 1 is 1.20 bits per heavy atom. The average molecular weight is 419 g/mol. The lowest BCUT2D eigenvalue weighted by molar-refractivity contribution is -0.155. The Kier molecular flexibility index (Phi) is 8.41. The molecular weight excluding hydrogens is 384 g/mol. The Morgan fingerprint density at radius 2 is 1.83 bits per heavy atom. The Morgan fingerprint density at radius 3 is 2.43 bits per heavy atom. The SMILES string of the molecule is CC(C)(C)OC(=O)CC[C@H](N)C(=O)N[C@@H](Cc1ccccc1C1CCCC1)C(=O)O. The van der Waals surface area contributed by atoms with Gasteiger partial charge in [-0.15, -0.1) is 0 Å². The molecule has 2 atom stereocenters. The number of amides is 1. The molecule has 0 aromatic heterocycles. The van der Waals surface area contributed by atoms with Gasteiger partial charge in [-0.2, -0.15) is 0 Å². The van der Waals surface area contributed by atoms with E-state index >= 15 is 0 Å². The highest BCUT2D eigenvalue weighted by Crippen LogP contribution is 2.36.